The van der Waals surface area contributed by atoms with Crippen molar-refractivity contribution in [1.82, 2.24) is 15.3 Å². The maximum Gasteiger partial charge on any atom is 0.269 e. The summed E-state index contributed by atoms with van der Waals surface area (Å²) < 4.78 is 0. The number of benzene rings is 1. The van der Waals surface area contributed by atoms with Gasteiger partial charge in [-0.1, -0.05) is 30.7 Å². The van der Waals surface area contributed by atoms with Gasteiger partial charge < -0.3 is 10.3 Å². The molecule has 1 saturated carbocycles. The molecule has 2 aromatic rings. The molecule has 5 nitrogen and oxygen atoms in total. The Bertz CT molecular complexity index is 763. The van der Waals surface area contributed by atoms with E-state index in [9.17, 15) is 9.59 Å². The Kier molecular flexibility index (Phi) is 4.28. The molecule has 1 aromatic carbocycles. The van der Waals surface area contributed by atoms with E-state index < -0.39 is 0 Å². The molecular weight excluding hydrogens is 290 g/mol. The van der Waals surface area contributed by atoms with Crippen LogP contribution in [0.3, 0.4) is 0 Å². The van der Waals surface area contributed by atoms with Crippen molar-refractivity contribution in [2.24, 2.45) is 5.41 Å². The molecule has 23 heavy (non-hydrogen) atoms. The third kappa shape index (κ3) is 3.50. The van der Waals surface area contributed by atoms with E-state index in [0.29, 0.717) is 6.54 Å². The summed E-state index contributed by atoms with van der Waals surface area (Å²) in [6.45, 7) is 2.75. The molecule has 0 atom stereocenters. The van der Waals surface area contributed by atoms with Crippen LogP contribution >= 0.6 is 0 Å². The van der Waals surface area contributed by atoms with Gasteiger partial charge >= 0.3 is 0 Å². The van der Waals surface area contributed by atoms with Crippen LogP contribution < -0.4 is 10.9 Å². The second-order valence-corrected chi connectivity index (χ2v) is 6.45. The highest BCUT2D eigenvalue weighted by molar-refractivity contribution is 5.91. The summed E-state index contributed by atoms with van der Waals surface area (Å²) in [5.41, 5.74) is 2.61. The Labute approximate surface area is 135 Å². The van der Waals surface area contributed by atoms with Crippen LogP contribution in [0.1, 0.15) is 40.9 Å². The fourth-order valence-electron chi connectivity index (χ4n) is 3.16. The number of rotatable bonds is 5. The Balaban J connectivity index is 1.67. The van der Waals surface area contributed by atoms with E-state index in [1.54, 1.807) is 0 Å². The summed E-state index contributed by atoms with van der Waals surface area (Å²) in [5.74, 6) is -0.272. The largest absolute Gasteiger partial charge is 0.350 e. The van der Waals surface area contributed by atoms with Crippen LogP contribution in [-0.2, 0) is 6.42 Å². The van der Waals surface area contributed by atoms with E-state index in [1.807, 2.05) is 6.07 Å². The minimum atomic E-state index is -0.365. The zero-order chi connectivity index (χ0) is 16.3. The van der Waals surface area contributed by atoms with Crippen molar-refractivity contribution >= 4 is 5.91 Å². The van der Waals surface area contributed by atoms with Gasteiger partial charge in [0, 0.05) is 6.54 Å². The van der Waals surface area contributed by atoms with E-state index >= 15 is 0 Å². The predicted molar refractivity (Wildman–Crippen MR) is 88.4 cm³/mol. The molecule has 5 heteroatoms. The molecule has 1 aliphatic rings. The van der Waals surface area contributed by atoms with Crippen LogP contribution in [0.15, 0.2) is 41.5 Å². The SMILES string of the molecule is Cc1ccccc1CC1(CNC(=O)c2cncc(=O)[nH]2)CCC1. The number of H-pyrrole nitrogens is 1. The van der Waals surface area contributed by atoms with E-state index in [4.69, 9.17) is 0 Å². The van der Waals surface area contributed by atoms with Gasteiger partial charge in [-0.15, -0.1) is 0 Å². The highest BCUT2D eigenvalue weighted by Crippen LogP contribution is 2.43. The molecule has 0 spiro atoms. The molecule has 1 heterocycles. The second-order valence-electron chi connectivity index (χ2n) is 6.45. The summed E-state index contributed by atoms with van der Waals surface area (Å²) >= 11 is 0. The average molecular weight is 311 g/mol. The first-order valence-corrected chi connectivity index (χ1v) is 7.95. The topological polar surface area (TPSA) is 74.8 Å². The smallest absolute Gasteiger partial charge is 0.269 e. The molecule has 0 radical (unpaired) electrons. The molecule has 1 fully saturated rings. The lowest BCUT2D eigenvalue weighted by Gasteiger charge is -2.42. The Morgan fingerprint density at radius 2 is 2.09 bits per heavy atom. The van der Waals surface area contributed by atoms with Gasteiger partial charge in [-0.05, 0) is 42.7 Å². The first kappa shape index (κ1) is 15.5. The van der Waals surface area contributed by atoms with E-state index in [1.165, 1.54) is 23.7 Å². The van der Waals surface area contributed by atoms with Gasteiger partial charge in [0.05, 0.1) is 12.4 Å². The van der Waals surface area contributed by atoms with Crippen LogP contribution in [0.2, 0.25) is 0 Å². The number of carbonyl (C=O) groups is 1. The minimum Gasteiger partial charge on any atom is -0.350 e. The van der Waals surface area contributed by atoms with Crippen LogP contribution in [0.25, 0.3) is 0 Å². The first-order chi connectivity index (χ1) is 11.1. The van der Waals surface area contributed by atoms with E-state index in [-0.39, 0.29) is 22.6 Å². The van der Waals surface area contributed by atoms with E-state index in [0.717, 1.165) is 25.5 Å². The highest BCUT2D eigenvalue weighted by atomic mass is 16.2. The molecule has 0 bridgehead atoms. The summed E-state index contributed by atoms with van der Waals surface area (Å²) in [6.07, 6.45) is 6.94. The first-order valence-electron chi connectivity index (χ1n) is 7.95. The molecule has 0 saturated heterocycles. The van der Waals surface area contributed by atoms with Crippen molar-refractivity contribution in [3.8, 4) is 0 Å². The van der Waals surface area contributed by atoms with Crippen LogP contribution in [0.4, 0.5) is 0 Å². The molecule has 3 rings (SSSR count). The van der Waals surface area contributed by atoms with Crippen molar-refractivity contribution in [2.75, 3.05) is 6.54 Å². The second kappa shape index (κ2) is 6.36. The van der Waals surface area contributed by atoms with Crippen molar-refractivity contribution in [1.29, 1.82) is 0 Å². The van der Waals surface area contributed by atoms with Crippen LogP contribution in [0, 0.1) is 12.3 Å². The van der Waals surface area contributed by atoms with Crippen molar-refractivity contribution in [2.45, 2.75) is 32.6 Å². The zero-order valence-corrected chi connectivity index (χ0v) is 13.3. The number of amides is 1. The molecular formula is C18H21N3O2. The monoisotopic (exact) mass is 311 g/mol. The maximum atomic E-state index is 12.2. The maximum absolute atomic E-state index is 12.2. The number of aromatic nitrogens is 2. The van der Waals surface area contributed by atoms with Gasteiger partial charge in [0.1, 0.15) is 5.69 Å². The van der Waals surface area contributed by atoms with Gasteiger partial charge in [0.2, 0.25) is 0 Å². The molecule has 0 aliphatic heterocycles. The fourth-order valence-corrected chi connectivity index (χ4v) is 3.16. The third-order valence-electron chi connectivity index (χ3n) is 4.76. The van der Waals surface area contributed by atoms with E-state index in [2.05, 4.69) is 40.4 Å². The summed E-state index contributed by atoms with van der Waals surface area (Å²) in [6, 6.07) is 8.40. The average Bonchev–Trinajstić information content (AvgIpc) is 2.51. The summed E-state index contributed by atoms with van der Waals surface area (Å²) in [7, 11) is 0. The summed E-state index contributed by atoms with van der Waals surface area (Å²) in [4.78, 5) is 29.7. The number of nitrogens with one attached hydrogen (secondary N) is 2. The quantitative estimate of drug-likeness (QED) is 0.889. The number of hydrogen-bond acceptors (Lipinski definition) is 3. The molecule has 0 unspecified atom stereocenters. The van der Waals surface area contributed by atoms with Gasteiger partial charge in [0.25, 0.3) is 11.5 Å². The third-order valence-corrected chi connectivity index (χ3v) is 4.76. The highest BCUT2D eigenvalue weighted by Gasteiger charge is 2.37. The zero-order valence-electron chi connectivity index (χ0n) is 13.3. The number of hydrogen-bond donors (Lipinski definition) is 2. The molecule has 1 aromatic heterocycles. The van der Waals surface area contributed by atoms with Crippen molar-refractivity contribution in [3.63, 3.8) is 0 Å². The lowest BCUT2D eigenvalue weighted by atomic mass is 9.65. The van der Waals surface area contributed by atoms with Gasteiger partial charge in [-0.3, -0.25) is 14.6 Å². The van der Waals surface area contributed by atoms with Gasteiger partial charge in [0.15, 0.2) is 0 Å². The van der Waals surface area contributed by atoms with Crippen LogP contribution in [0.5, 0.6) is 0 Å². The lowest BCUT2D eigenvalue weighted by molar-refractivity contribution is 0.0854. The Hall–Kier alpha value is -2.43. The number of aryl methyl sites for hydroxylation is 1. The van der Waals surface area contributed by atoms with Gasteiger partial charge in [-0.25, -0.2) is 0 Å². The Morgan fingerprint density at radius 1 is 1.30 bits per heavy atom. The molecule has 1 aliphatic carbocycles. The Morgan fingerprint density at radius 3 is 2.74 bits per heavy atom. The summed E-state index contributed by atoms with van der Waals surface area (Å²) in [5, 5.41) is 2.96. The van der Waals surface area contributed by atoms with Crippen molar-refractivity contribution in [3.05, 3.63) is 63.8 Å². The number of carbonyl (C=O) groups excluding carboxylic acids is 1. The van der Waals surface area contributed by atoms with Crippen LogP contribution in [-0.4, -0.2) is 22.4 Å². The fraction of sp³-hybridized carbons (Fsp3) is 0.389. The predicted octanol–water partition coefficient (Wildman–Crippen LogP) is 2.22. The normalized spacial score (nSPS) is 15.7. The molecule has 120 valence electrons. The number of aromatic amines is 1. The van der Waals surface area contributed by atoms with Gasteiger partial charge in [-0.2, -0.15) is 0 Å². The minimum absolute atomic E-state index is 0.129. The van der Waals surface area contributed by atoms with Crippen molar-refractivity contribution < 1.29 is 4.79 Å². The molecule has 2 N–H and O–H groups in total. The number of nitrogens with zero attached hydrogens (tertiary/aromatic N) is 1. The molecule has 1 amide bonds. The standard InChI is InChI=1S/C18H21N3O2/c1-13-5-2-3-6-14(13)9-18(7-4-8-18)12-20-17(23)15-10-19-11-16(22)21-15/h2-3,5-6,10-11H,4,7-9,12H2,1H3,(H,20,23)(H,21,22). The lowest BCUT2D eigenvalue weighted by Crippen LogP contribution is -2.44.